The van der Waals surface area contributed by atoms with Crippen molar-refractivity contribution in [2.75, 3.05) is 13.2 Å². The number of rotatable bonds is 42. The lowest BCUT2D eigenvalue weighted by atomic mass is 10.0. The number of aliphatic carboxylic acids is 1. The summed E-state index contributed by atoms with van der Waals surface area (Å²) in [4.78, 5) is 47.6. The van der Waals surface area contributed by atoms with E-state index in [-0.39, 0.29) is 24.5 Å². The zero-order valence-electron chi connectivity index (χ0n) is 35.3. The van der Waals surface area contributed by atoms with Crippen LogP contribution in [0.25, 0.3) is 0 Å². The molecule has 2 unspecified atom stereocenters. The minimum atomic E-state index is -1.38. The first-order valence-corrected chi connectivity index (χ1v) is 22.9. The molecule has 9 heteroatoms. The lowest BCUT2D eigenvalue weighted by Crippen LogP contribution is -2.47. The Hall–Kier alpha value is -2.16. The number of unbranched alkanes of at least 4 members (excludes halogenated alkanes) is 28. The van der Waals surface area contributed by atoms with Gasteiger partial charge in [-0.25, -0.2) is 4.79 Å². The maximum atomic E-state index is 12.8. The van der Waals surface area contributed by atoms with E-state index in [9.17, 15) is 19.2 Å². The van der Waals surface area contributed by atoms with Crippen LogP contribution in [0.4, 0.5) is 0 Å². The van der Waals surface area contributed by atoms with Crippen LogP contribution in [0.1, 0.15) is 239 Å². The standard InChI is InChI=1S/C45H86N2O7/c1-3-5-7-9-11-13-15-17-19-21-23-26-30-34-40(54-44(51)37-33-29-24-22-20-18-16-14-12-10-8-6-4-2)35-31-27-25-28-32-36-42(49)46-38-43(50)47-41(39-48)45(52)53/h40-41,48H,3-39H2,1-2H3,(H,46,49)(H,47,50)(H,52,53). The summed E-state index contributed by atoms with van der Waals surface area (Å²) in [5.41, 5.74) is 0. The second kappa shape index (κ2) is 40.5. The van der Waals surface area contributed by atoms with Gasteiger partial charge in [-0.05, 0) is 38.5 Å². The van der Waals surface area contributed by atoms with Crippen LogP contribution in [0.3, 0.4) is 0 Å². The van der Waals surface area contributed by atoms with Gasteiger partial charge in [0.1, 0.15) is 12.1 Å². The number of ether oxygens (including phenoxy) is 1. The highest BCUT2D eigenvalue weighted by atomic mass is 16.5. The van der Waals surface area contributed by atoms with Crippen LogP contribution >= 0.6 is 0 Å². The third kappa shape index (κ3) is 36.8. The average Bonchev–Trinajstić information content (AvgIpc) is 3.15. The Labute approximate surface area is 331 Å². The molecule has 2 atom stereocenters. The fourth-order valence-corrected chi connectivity index (χ4v) is 7.07. The Morgan fingerprint density at radius 2 is 0.833 bits per heavy atom. The molecule has 0 saturated carbocycles. The molecule has 318 valence electrons. The van der Waals surface area contributed by atoms with Gasteiger partial charge in [-0.2, -0.15) is 0 Å². The van der Waals surface area contributed by atoms with Crippen molar-refractivity contribution < 1.29 is 34.1 Å². The number of nitrogens with one attached hydrogen (secondary N) is 2. The maximum absolute atomic E-state index is 12.8. The lowest BCUT2D eigenvalue weighted by molar-refractivity contribution is -0.150. The van der Waals surface area contributed by atoms with Crippen LogP contribution in [-0.2, 0) is 23.9 Å². The van der Waals surface area contributed by atoms with Crippen molar-refractivity contribution in [3.8, 4) is 0 Å². The fraction of sp³-hybridized carbons (Fsp3) is 0.911. The number of carbonyl (C=O) groups is 4. The van der Waals surface area contributed by atoms with E-state index in [1.807, 2.05) is 0 Å². The molecule has 9 nitrogen and oxygen atoms in total. The van der Waals surface area contributed by atoms with E-state index < -0.39 is 24.5 Å². The molecule has 0 aromatic rings. The van der Waals surface area contributed by atoms with E-state index in [0.29, 0.717) is 19.3 Å². The Balaban J connectivity index is 4.27. The Morgan fingerprint density at radius 1 is 0.481 bits per heavy atom. The van der Waals surface area contributed by atoms with Crippen LogP contribution in [0.15, 0.2) is 0 Å². The third-order valence-electron chi connectivity index (χ3n) is 10.6. The predicted molar refractivity (Wildman–Crippen MR) is 222 cm³/mol. The third-order valence-corrected chi connectivity index (χ3v) is 10.6. The molecule has 0 aliphatic heterocycles. The number of carboxylic acid groups (broad SMARTS) is 1. The van der Waals surface area contributed by atoms with Gasteiger partial charge in [0.05, 0.1) is 13.2 Å². The van der Waals surface area contributed by atoms with Gasteiger partial charge in [0.2, 0.25) is 11.8 Å². The van der Waals surface area contributed by atoms with E-state index in [0.717, 1.165) is 57.8 Å². The van der Waals surface area contributed by atoms with E-state index >= 15 is 0 Å². The molecular formula is C45H86N2O7. The normalized spacial score (nSPS) is 12.4. The number of hydrogen-bond acceptors (Lipinski definition) is 6. The van der Waals surface area contributed by atoms with Crippen LogP contribution in [0.2, 0.25) is 0 Å². The molecule has 0 fully saturated rings. The van der Waals surface area contributed by atoms with Crippen molar-refractivity contribution >= 4 is 23.8 Å². The van der Waals surface area contributed by atoms with E-state index in [4.69, 9.17) is 14.9 Å². The van der Waals surface area contributed by atoms with Gasteiger partial charge in [0.25, 0.3) is 0 Å². The van der Waals surface area contributed by atoms with Gasteiger partial charge < -0.3 is 25.6 Å². The van der Waals surface area contributed by atoms with Crippen LogP contribution in [-0.4, -0.2) is 59.3 Å². The number of hydrogen-bond donors (Lipinski definition) is 4. The van der Waals surface area contributed by atoms with E-state index in [1.54, 1.807) is 0 Å². The van der Waals surface area contributed by atoms with Gasteiger partial charge in [-0.15, -0.1) is 0 Å². The van der Waals surface area contributed by atoms with Crippen molar-refractivity contribution in [2.45, 2.75) is 251 Å². The first-order valence-electron chi connectivity index (χ1n) is 22.9. The van der Waals surface area contributed by atoms with Crippen LogP contribution < -0.4 is 10.6 Å². The van der Waals surface area contributed by atoms with E-state index in [2.05, 4.69) is 24.5 Å². The molecule has 0 aliphatic rings. The summed E-state index contributed by atoms with van der Waals surface area (Å²) < 4.78 is 6.04. The second-order valence-electron chi connectivity index (χ2n) is 15.9. The summed E-state index contributed by atoms with van der Waals surface area (Å²) in [6.45, 7) is 3.51. The summed E-state index contributed by atoms with van der Waals surface area (Å²) in [6.07, 6.45) is 41.3. The zero-order chi connectivity index (χ0) is 39.7. The SMILES string of the molecule is CCCCCCCCCCCCCCCC(=O)OC(CCCCCCCCCCCCCCC)CCCCCCCC(=O)NCC(=O)NC(CO)C(=O)O. The molecule has 0 aliphatic carbocycles. The van der Waals surface area contributed by atoms with Crippen LogP contribution in [0, 0.1) is 0 Å². The molecular weight excluding hydrogens is 681 g/mol. The van der Waals surface area contributed by atoms with Gasteiger partial charge in [-0.1, -0.05) is 187 Å². The highest BCUT2D eigenvalue weighted by molar-refractivity contribution is 5.87. The number of amides is 2. The molecule has 0 aromatic heterocycles. The fourth-order valence-electron chi connectivity index (χ4n) is 7.07. The van der Waals surface area contributed by atoms with Crippen molar-refractivity contribution in [1.29, 1.82) is 0 Å². The lowest BCUT2D eigenvalue weighted by Gasteiger charge is -2.18. The molecule has 0 radical (unpaired) electrons. The Morgan fingerprint density at radius 3 is 1.20 bits per heavy atom. The molecule has 54 heavy (non-hydrogen) atoms. The van der Waals surface area contributed by atoms with Crippen LogP contribution in [0.5, 0.6) is 0 Å². The van der Waals surface area contributed by atoms with Crippen molar-refractivity contribution in [3.63, 3.8) is 0 Å². The van der Waals surface area contributed by atoms with Crippen molar-refractivity contribution in [2.24, 2.45) is 0 Å². The Bertz CT molecular complexity index is 884. The molecule has 0 rings (SSSR count). The zero-order valence-corrected chi connectivity index (χ0v) is 35.3. The topological polar surface area (TPSA) is 142 Å². The minimum Gasteiger partial charge on any atom is -0.480 e. The first kappa shape index (κ1) is 51.8. The number of carbonyl (C=O) groups excluding carboxylic acids is 3. The van der Waals surface area contributed by atoms with Gasteiger partial charge in [0, 0.05) is 12.8 Å². The number of aliphatic hydroxyl groups excluding tert-OH is 1. The molecule has 0 heterocycles. The van der Waals surface area contributed by atoms with Crippen molar-refractivity contribution in [3.05, 3.63) is 0 Å². The van der Waals surface area contributed by atoms with Gasteiger partial charge in [0.15, 0.2) is 0 Å². The number of carboxylic acids is 1. The number of esters is 1. The average molecular weight is 767 g/mol. The first-order chi connectivity index (χ1) is 26.3. The molecule has 0 saturated heterocycles. The smallest absolute Gasteiger partial charge is 0.328 e. The monoisotopic (exact) mass is 767 g/mol. The highest BCUT2D eigenvalue weighted by Gasteiger charge is 2.19. The highest BCUT2D eigenvalue weighted by Crippen LogP contribution is 2.19. The van der Waals surface area contributed by atoms with Gasteiger partial charge in [-0.3, -0.25) is 14.4 Å². The molecule has 2 amide bonds. The molecule has 0 bridgehead atoms. The predicted octanol–water partition coefficient (Wildman–Crippen LogP) is 11.3. The summed E-state index contributed by atoms with van der Waals surface area (Å²) >= 11 is 0. The van der Waals surface area contributed by atoms with Gasteiger partial charge >= 0.3 is 11.9 Å². The summed E-state index contributed by atoms with van der Waals surface area (Å²) in [5, 5.41) is 22.6. The summed E-state index contributed by atoms with van der Waals surface area (Å²) in [7, 11) is 0. The number of aliphatic hydroxyl groups is 1. The maximum Gasteiger partial charge on any atom is 0.328 e. The quantitative estimate of drug-likeness (QED) is 0.0358. The van der Waals surface area contributed by atoms with E-state index in [1.165, 1.54) is 148 Å². The largest absolute Gasteiger partial charge is 0.480 e. The molecule has 4 N–H and O–H groups in total. The minimum absolute atomic E-state index is 0.00402. The summed E-state index contributed by atoms with van der Waals surface area (Å²) in [6, 6.07) is -1.38. The summed E-state index contributed by atoms with van der Waals surface area (Å²) in [5.74, 6) is -2.27. The molecule has 0 aromatic carbocycles. The second-order valence-corrected chi connectivity index (χ2v) is 15.9. The molecule has 0 spiro atoms. The Kier molecular flexibility index (Phi) is 38.9. The van der Waals surface area contributed by atoms with Crippen molar-refractivity contribution in [1.82, 2.24) is 10.6 Å².